The zero-order valence-corrected chi connectivity index (χ0v) is 16.5. The predicted molar refractivity (Wildman–Crippen MR) is 107 cm³/mol. The Morgan fingerprint density at radius 2 is 1.88 bits per heavy atom. The van der Waals surface area contributed by atoms with Crippen LogP contribution in [0.3, 0.4) is 0 Å². The number of nitriles is 1. The fourth-order valence-electron chi connectivity index (χ4n) is 3.79. The first-order valence-electron chi connectivity index (χ1n) is 8.95. The number of piperidine rings is 1. The first-order valence-corrected chi connectivity index (χ1v) is 10.2. The lowest BCUT2D eigenvalue weighted by Gasteiger charge is -2.43. The van der Waals surface area contributed by atoms with Crippen molar-refractivity contribution in [2.24, 2.45) is 11.3 Å². The molecule has 0 unspecified atom stereocenters. The van der Waals surface area contributed by atoms with Crippen molar-refractivity contribution in [1.82, 2.24) is 4.90 Å². The van der Waals surface area contributed by atoms with Gasteiger partial charge >= 0.3 is 0 Å². The Hall–Kier alpha value is -1.34. The van der Waals surface area contributed by atoms with E-state index < -0.39 is 0 Å². The highest BCUT2D eigenvalue weighted by atomic mass is 35.5. The minimum Gasteiger partial charge on any atom is -0.299 e. The second-order valence-electron chi connectivity index (χ2n) is 7.46. The van der Waals surface area contributed by atoms with Gasteiger partial charge in [-0.25, -0.2) is 0 Å². The van der Waals surface area contributed by atoms with Gasteiger partial charge in [0.2, 0.25) is 0 Å². The summed E-state index contributed by atoms with van der Waals surface area (Å²) in [5, 5.41) is 11.3. The Morgan fingerprint density at radius 1 is 1.20 bits per heavy atom. The molecule has 0 radical (unpaired) electrons. The minimum absolute atomic E-state index is 0.216. The third-order valence-corrected chi connectivity index (χ3v) is 6.86. The molecule has 25 heavy (non-hydrogen) atoms. The number of benzene rings is 1. The normalized spacial score (nSPS) is 17.6. The summed E-state index contributed by atoms with van der Waals surface area (Å²) in [5.74, 6) is 0.575. The lowest BCUT2D eigenvalue weighted by atomic mass is 9.68. The third-order valence-electron chi connectivity index (χ3n) is 5.77. The summed E-state index contributed by atoms with van der Waals surface area (Å²) in [5.41, 5.74) is 3.98. The zero-order chi connectivity index (χ0) is 17.9. The molecule has 0 spiro atoms. The average Bonchev–Trinajstić information content (AvgIpc) is 3.04. The second-order valence-corrected chi connectivity index (χ2v) is 9.01. The molecular weight excluding hydrogens is 348 g/mol. The van der Waals surface area contributed by atoms with Crippen LogP contribution >= 0.6 is 22.9 Å². The highest BCUT2D eigenvalue weighted by Gasteiger charge is 2.37. The molecule has 4 heteroatoms. The molecule has 132 valence electrons. The van der Waals surface area contributed by atoms with E-state index in [2.05, 4.69) is 54.5 Å². The van der Waals surface area contributed by atoms with Gasteiger partial charge in [0.25, 0.3) is 0 Å². The van der Waals surface area contributed by atoms with Crippen LogP contribution in [-0.2, 0) is 6.54 Å². The lowest BCUT2D eigenvalue weighted by Crippen LogP contribution is -2.42. The molecule has 0 bridgehead atoms. The number of rotatable bonds is 5. The van der Waals surface area contributed by atoms with E-state index in [9.17, 15) is 5.26 Å². The van der Waals surface area contributed by atoms with Crippen molar-refractivity contribution in [3.05, 3.63) is 45.6 Å². The first kappa shape index (κ1) is 18.5. The van der Waals surface area contributed by atoms with Crippen molar-refractivity contribution in [3.8, 4) is 17.2 Å². The van der Waals surface area contributed by atoms with Gasteiger partial charge in [0, 0.05) is 18.3 Å². The molecule has 1 aliphatic heterocycles. The number of hydrogen-bond donors (Lipinski definition) is 0. The quantitative estimate of drug-likeness (QED) is 0.622. The van der Waals surface area contributed by atoms with Crippen molar-refractivity contribution in [1.29, 1.82) is 5.26 Å². The van der Waals surface area contributed by atoms with Crippen LogP contribution in [0.5, 0.6) is 0 Å². The number of nitrogens with zero attached hydrogens (tertiary/aromatic N) is 2. The molecule has 2 nitrogen and oxygen atoms in total. The second kappa shape index (κ2) is 7.91. The maximum atomic E-state index is 9.18. The Balaban J connectivity index is 1.60. The molecule has 1 saturated heterocycles. The molecule has 0 atom stereocenters. The number of thiophene rings is 1. The first-order chi connectivity index (χ1) is 12.0. The molecule has 0 saturated carbocycles. The van der Waals surface area contributed by atoms with Crippen LogP contribution in [0, 0.1) is 22.7 Å². The van der Waals surface area contributed by atoms with Crippen LogP contribution in [0.4, 0.5) is 0 Å². The molecule has 0 N–H and O–H groups in total. The maximum Gasteiger partial charge on any atom is 0.0934 e. The van der Waals surface area contributed by atoms with E-state index in [1.807, 2.05) is 6.07 Å². The van der Waals surface area contributed by atoms with E-state index in [-0.39, 0.29) is 5.41 Å². The molecule has 1 aliphatic rings. The molecular formula is C21H25ClN2S. The van der Waals surface area contributed by atoms with Gasteiger partial charge in [-0.15, -0.1) is 11.3 Å². The number of likely N-dealkylation sites (tertiary alicyclic amines) is 1. The number of halogens is 1. The summed E-state index contributed by atoms with van der Waals surface area (Å²) in [7, 11) is 0. The van der Waals surface area contributed by atoms with Crippen LogP contribution in [0.15, 0.2) is 35.7 Å². The standard InChI is InChI=1S/C21H25ClN2S/c1-16(2)21(7-10-23)8-11-24(12-9-21)14-17-3-5-18(6-4-17)19-13-20(22)25-15-19/h3-6,13,15-16H,7-9,11-12,14H2,1-2H3. The summed E-state index contributed by atoms with van der Waals surface area (Å²) in [6, 6.07) is 13.3. The van der Waals surface area contributed by atoms with Gasteiger partial charge in [-0.1, -0.05) is 49.7 Å². The van der Waals surface area contributed by atoms with E-state index >= 15 is 0 Å². The summed E-state index contributed by atoms with van der Waals surface area (Å²) < 4.78 is 0.832. The Morgan fingerprint density at radius 3 is 2.40 bits per heavy atom. The van der Waals surface area contributed by atoms with Crippen molar-refractivity contribution in [3.63, 3.8) is 0 Å². The number of hydrogen-bond acceptors (Lipinski definition) is 3. The molecule has 0 aliphatic carbocycles. The van der Waals surface area contributed by atoms with Crippen molar-refractivity contribution in [2.75, 3.05) is 13.1 Å². The van der Waals surface area contributed by atoms with Gasteiger partial charge in [0.15, 0.2) is 0 Å². The van der Waals surface area contributed by atoms with E-state index in [4.69, 9.17) is 11.6 Å². The fraction of sp³-hybridized carbons (Fsp3) is 0.476. The van der Waals surface area contributed by atoms with Gasteiger partial charge in [-0.2, -0.15) is 5.26 Å². The fourth-order valence-corrected chi connectivity index (χ4v) is 4.68. The topological polar surface area (TPSA) is 27.0 Å². The van der Waals surface area contributed by atoms with Crippen molar-refractivity contribution >= 4 is 22.9 Å². The Kier molecular flexibility index (Phi) is 5.84. The smallest absolute Gasteiger partial charge is 0.0934 e. The largest absolute Gasteiger partial charge is 0.299 e. The zero-order valence-electron chi connectivity index (χ0n) is 15.0. The Bertz CT molecular complexity index is 734. The van der Waals surface area contributed by atoms with Gasteiger partial charge < -0.3 is 0 Å². The molecule has 1 aromatic carbocycles. The lowest BCUT2D eigenvalue weighted by molar-refractivity contribution is 0.0617. The van der Waals surface area contributed by atoms with E-state index in [0.29, 0.717) is 12.3 Å². The van der Waals surface area contributed by atoms with Crippen molar-refractivity contribution in [2.45, 2.75) is 39.7 Å². The maximum absolute atomic E-state index is 9.18. The predicted octanol–water partition coefficient (Wildman–Crippen LogP) is 6.22. The van der Waals surface area contributed by atoms with Gasteiger partial charge in [-0.3, -0.25) is 4.90 Å². The van der Waals surface area contributed by atoms with E-state index in [1.165, 1.54) is 16.7 Å². The van der Waals surface area contributed by atoms with E-state index in [1.54, 1.807) is 11.3 Å². The highest BCUT2D eigenvalue weighted by molar-refractivity contribution is 7.14. The Labute approximate surface area is 160 Å². The molecule has 1 fully saturated rings. The molecule has 1 aromatic heterocycles. The SMILES string of the molecule is CC(C)C1(CC#N)CCN(Cc2ccc(-c3csc(Cl)c3)cc2)CC1. The summed E-state index contributed by atoms with van der Waals surface area (Å²) >= 11 is 7.60. The minimum atomic E-state index is 0.216. The third kappa shape index (κ3) is 4.26. The molecule has 2 aromatic rings. The van der Waals surface area contributed by atoms with Gasteiger partial charge in [0.05, 0.1) is 10.4 Å². The van der Waals surface area contributed by atoms with Gasteiger partial charge in [-0.05, 0) is 60.0 Å². The van der Waals surface area contributed by atoms with Crippen LogP contribution < -0.4 is 0 Å². The summed E-state index contributed by atoms with van der Waals surface area (Å²) in [6.07, 6.45) is 2.95. The van der Waals surface area contributed by atoms with Crippen LogP contribution in [0.1, 0.15) is 38.7 Å². The van der Waals surface area contributed by atoms with Gasteiger partial charge in [0.1, 0.15) is 0 Å². The van der Waals surface area contributed by atoms with Crippen LogP contribution in [-0.4, -0.2) is 18.0 Å². The monoisotopic (exact) mass is 372 g/mol. The summed E-state index contributed by atoms with van der Waals surface area (Å²) in [4.78, 5) is 2.52. The average molecular weight is 373 g/mol. The summed E-state index contributed by atoms with van der Waals surface area (Å²) in [6.45, 7) is 7.69. The molecule has 2 heterocycles. The van der Waals surface area contributed by atoms with Crippen molar-refractivity contribution < 1.29 is 0 Å². The highest BCUT2D eigenvalue weighted by Crippen LogP contribution is 2.41. The van der Waals surface area contributed by atoms with Crippen LogP contribution in [0.25, 0.3) is 11.1 Å². The molecule has 3 rings (SSSR count). The van der Waals surface area contributed by atoms with Crippen LogP contribution in [0.2, 0.25) is 4.34 Å². The van der Waals surface area contributed by atoms with E-state index in [0.717, 1.165) is 36.8 Å². The molecule has 0 amide bonds.